The molecule has 0 N–H and O–H groups in total. The quantitative estimate of drug-likeness (QED) is 0.347. The van der Waals surface area contributed by atoms with Crippen molar-refractivity contribution in [1.29, 1.82) is 0 Å². The predicted octanol–water partition coefficient (Wildman–Crippen LogP) is 3.47. The molecule has 0 saturated carbocycles. The molecular weight excluding hydrogens is 368 g/mol. The number of aryl methyl sites for hydroxylation is 1. The first kappa shape index (κ1) is 21.0. The Morgan fingerprint density at radius 3 is 2.52 bits per heavy atom. The van der Waals surface area contributed by atoms with Crippen molar-refractivity contribution in [3.8, 4) is 5.75 Å². The molecule has 0 amide bonds. The minimum atomic E-state index is 0.450. The van der Waals surface area contributed by atoms with Crippen LogP contribution in [0.1, 0.15) is 30.5 Å². The number of rotatable bonds is 10. The number of benzene rings is 1. The van der Waals surface area contributed by atoms with Gasteiger partial charge in [-0.2, -0.15) is 5.10 Å². The molecule has 2 heterocycles. The number of hydrogen-bond donors (Lipinski definition) is 0. The molecule has 0 spiro atoms. The summed E-state index contributed by atoms with van der Waals surface area (Å²) in [6.07, 6.45) is 5.09. The Labute approximate surface area is 172 Å². The minimum absolute atomic E-state index is 0.450. The predicted molar refractivity (Wildman–Crippen MR) is 114 cm³/mol. The highest BCUT2D eigenvalue weighted by Crippen LogP contribution is 2.24. The number of aromatic nitrogens is 2. The molecule has 7 nitrogen and oxygen atoms in total. The summed E-state index contributed by atoms with van der Waals surface area (Å²) < 4.78 is 10.8. The van der Waals surface area contributed by atoms with E-state index in [-0.39, 0.29) is 0 Å². The molecule has 29 heavy (non-hydrogen) atoms. The van der Waals surface area contributed by atoms with Gasteiger partial charge in [0.05, 0.1) is 25.1 Å². The van der Waals surface area contributed by atoms with Gasteiger partial charge in [-0.05, 0) is 74.1 Å². The Balaban J connectivity index is 1.33. The van der Waals surface area contributed by atoms with Crippen LogP contribution >= 0.6 is 0 Å². The van der Waals surface area contributed by atoms with Crippen LogP contribution in [0.15, 0.2) is 41.6 Å². The van der Waals surface area contributed by atoms with E-state index in [9.17, 15) is 0 Å². The first-order valence-corrected chi connectivity index (χ1v) is 10.2. The molecule has 0 unspecified atom stereocenters. The third-order valence-corrected chi connectivity index (χ3v) is 5.05. The highest BCUT2D eigenvalue weighted by atomic mass is 16.6. The number of piperidine rings is 1. The zero-order valence-corrected chi connectivity index (χ0v) is 17.3. The van der Waals surface area contributed by atoms with Crippen LogP contribution in [0.5, 0.6) is 5.75 Å². The number of ether oxygens (including phenoxy) is 2. The van der Waals surface area contributed by atoms with Crippen LogP contribution in [0, 0.1) is 12.8 Å². The lowest BCUT2D eigenvalue weighted by atomic mass is 9.94. The van der Waals surface area contributed by atoms with Crippen LogP contribution in [0.2, 0.25) is 0 Å². The summed E-state index contributed by atoms with van der Waals surface area (Å²) in [5, 5.41) is 12.4. The highest BCUT2D eigenvalue weighted by Gasteiger charge is 2.20. The molecule has 2 aromatic rings. The first-order chi connectivity index (χ1) is 14.2. The molecule has 0 atom stereocenters. The Morgan fingerprint density at radius 1 is 1.03 bits per heavy atom. The van der Waals surface area contributed by atoms with Crippen LogP contribution < -0.4 is 9.64 Å². The van der Waals surface area contributed by atoms with E-state index >= 15 is 0 Å². The molecule has 1 aliphatic rings. The van der Waals surface area contributed by atoms with Gasteiger partial charge in [-0.1, -0.05) is 5.16 Å². The standard InChI is InChI=1S/C22H30N4O3/c1-18-3-8-22(25-24-18)26-12-9-19(10-13-26)11-14-28-21-6-4-20(5-7-21)17-23-29-16-15-27-2/h3-8,17,19H,9-16H2,1-2H3. The molecule has 7 heteroatoms. The summed E-state index contributed by atoms with van der Waals surface area (Å²) in [5.74, 6) is 2.56. The van der Waals surface area contributed by atoms with Crippen molar-refractivity contribution in [2.75, 3.05) is 44.9 Å². The van der Waals surface area contributed by atoms with Gasteiger partial charge in [0, 0.05) is 20.2 Å². The molecule has 0 bridgehead atoms. The zero-order valence-electron chi connectivity index (χ0n) is 17.3. The fourth-order valence-electron chi connectivity index (χ4n) is 3.28. The topological polar surface area (TPSA) is 69.1 Å². The van der Waals surface area contributed by atoms with Gasteiger partial charge in [0.2, 0.25) is 0 Å². The van der Waals surface area contributed by atoms with Gasteiger partial charge >= 0.3 is 0 Å². The molecule has 1 aromatic carbocycles. The molecule has 1 aliphatic heterocycles. The second-order valence-corrected chi connectivity index (χ2v) is 7.23. The van der Waals surface area contributed by atoms with Crippen molar-refractivity contribution in [3.05, 3.63) is 47.7 Å². The average Bonchev–Trinajstić information content (AvgIpc) is 2.76. The molecule has 0 aliphatic carbocycles. The second kappa shape index (κ2) is 11.4. The van der Waals surface area contributed by atoms with Crippen LogP contribution in [0.3, 0.4) is 0 Å². The van der Waals surface area contributed by atoms with Gasteiger partial charge in [-0.15, -0.1) is 5.10 Å². The number of nitrogens with zero attached hydrogens (tertiary/aromatic N) is 4. The summed E-state index contributed by atoms with van der Waals surface area (Å²) in [4.78, 5) is 7.41. The zero-order chi connectivity index (χ0) is 20.3. The van der Waals surface area contributed by atoms with E-state index in [2.05, 4.69) is 26.3 Å². The summed E-state index contributed by atoms with van der Waals surface area (Å²) in [5.41, 5.74) is 1.93. The van der Waals surface area contributed by atoms with E-state index in [0.29, 0.717) is 19.1 Å². The van der Waals surface area contributed by atoms with Gasteiger partial charge < -0.3 is 19.2 Å². The Kier molecular flexibility index (Phi) is 8.25. The second-order valence-electron chi connectivity index (χ2n) is 7.23. The van der Waals surface area contributed by atoms with Crippen molar-refractivity contribution in [2.45, 2.75) is 26.2 Å². The van der Waals surface area contributed by atoms with E-state index in [4.69, 9.17) is 14.3 Å². The summed E-state index contributed by atoms with van der Waals surface area (Å²) in [6, 6.07) is 12.0. The van der Waals surface area contributed by atoms with Gasteiger partial charge in [-0.25, -0.2) is 0 Å². The first-order valence-electron chi connectivity index (χ1n) is 10.2. The highest BCUT2D eigenvalue weighted by molar-refractivity contribution is 5.79. The largest absolute Gasteiger partial charge is 0.494 e. The van der Waals surface area contributed by atoms with Crippen LogP contribution in [0.4, 0.5) is 5.82 Å². The fourth-order valence-corrected chi connectivity index (χ4v) is 3.28. The SMILES string of the molecule is COCCON=Cc1ccc(OCCC2CCN(c3ccc(C)nn3)CC2)cc1. The lowest BCUT2D eigenvalue weighted by molar-refractivity contribution is 0.0760. The van der Waals surface area contributed by atoms with E-state index < -0.39 is 0 Å². The van der Waals surface area contributed by atoms with Crippen LogP contribution in [-0.4, -0.2) is 56.4 Å². The van der Waals surface area contributed by atoms with Crippen LogP contribution in [-0.2, 0) is 9.57 Å². The van der Waals surface area contributed by atoms with Crippen molar-refractivity contribution in [2.24, 2.45) is 11.1 Å². The monoisotopic (exact) mass is 398 g/mol. The smallest absolute Gasteiger partial charge is 0.151 e. The number of hydrogen-bond acceptors (Lipinski definition) is 7. The Bertz CT molecular complexity index is 742. The van der Waals surface area contributed by atoms with Crippen molar-refractivity contribution < 1.29 is 14.3 Å². The molecule has 0 radical (unpaired) electrons. The number of methoxy groups -OCH3 is 1. The maximum absolute atomic E-state index is 5.92. The minimum Gasteiger partial charge on any atom is -0.494 e. The molecule has 1 fully saturated rings. The normalized spacial score (nSPS) is 15.0. The van der Waals surface area contributed by atoms with E-state index in [0.717, 1.165) is 61.8 Å². The Morgan fingerprint density at radius 2 is 1.83 bits per heavy atom. The maximum atomic E-state index is 5.92. The lowest BCUT2D eigenvalue weighted by Gasteiger charge is -2.32. The average molecular weight is 399 g/mol. The maximum Gasteiger partial charge on any atom is 0.151 e. The third kappa shape index (κ3) is 7.02. The van der Waals surface area contributed by atoms with E-state index in [1.165, 1.54) is 0 Å². The third-order valence-electron chi connectivity index (χ3n) is 5.05. The molecule has 3 rings (SSSR count). The lowest BCUT2D eigenvalue weighted by Crippen LogP contribution is -2.34. The van der Waals surface area contributed by atoms with Gasteiger partial charge in [0.25, 0.3) is 0 Å². The van der Waals surface area contributed by atoms with Gasteiger partial charge in [0.15, 0.2) is 5.82 Å². The molecule has 1 saturated heterocycles. The molecule has 156 valence electrons. The van der Waals surface area contributed by atoms with Gasteiger partial charge in [0.1, 0.15) is 12.4 Å². The molecule has 1 aromatic heterocycles. The number of oxime groups is 1. The van der Waals surface area contributed by atoms with Crippen molar-refractivity contribution in [1.82, 2.24) is 10.2 Å². The Hall–Kier alpha value is -2.67. The van der Waals surface area contributed by atoms with Crippen molar-refractivity contribution in [3.63, 3.8) is 0 Å². The van der Waals surface area contributed by atoms with E-state index in [1.807, 2.05) is 37.3 Å². The number of anilines is 1. The fraction of sp³-hybridized carbons (Fsp3) is 0.500. The summed E-state index contributed by atoms with van der Waals surface area (Å²) >= 11 is 0. The molecular formula is C22H30N4O3. The summed E-state index contributed by atoms with van der Waals surface area (Å²) in [6.45, 7) is 5.74. The van der Waals surface area contributed by atoms with Crippen LogP contribution in [0.25, 0.3) is 0 Å². The van der Waals surface area contributed by atoms with E-state index in [1.54, 1.807) is 13.3 Å². The van der Waals surface area contributed by atoms with Crippen molar-refractivity contribution >= 4 is 12.0 Å². The van der Waals surface area contributed by atoms with Gasteiger partial charge in [-0.3, -0.25) is 0 Å². The summed E-state index contributed by atoms with van der Waals surface area (Å²) in [7, 11) is 1.63.